The molecule has 0 saturated carbocycles. The lowest BCUT2D eigenvalue weighted by molar-refractivity contribution is -0.140. The first-order valence-electron chi connectivity index (χ1n) is 12.3. The summed E-state index contributed by atoms with van der Waals surface area (Å²) in [5.41, 5.74) is 0.715. The lowest BCUT2D eigenvalue weighted by Gasteiger charge is -2.26. The molecular weight excluding hydrogens is 486 g/mol. The fourth-order valence-electron chi connectivity index (χ4n) is 4.44. The minimum absolute atomic E-state index is 0.0503. The van der Waals surface area contributed by atoms with Gasteiger partial charge in [-0.05, 0) is 55.8 Å². The molecule has 3 aromatic rings. The summed E-state index contributed by atoms with van der Waals surface area (Å²) in [6.07, 6.45) is -0.0503. The zero-order valence-corrected chi connectivity index (χ0v) is 21.8. The SMILES string of the molecule is COc1cccc(OC)c1/C(O)=C1\C(=O)C(=O)N(CCOC(C)C)C1c1cccc(Oc2ccccc2)c1. The Morgan fingerprint density at radius 1 is 0.895 bits per heavy atom. The van der Waals surface area contributed by atoms with E-state index in [9.17, 15) is 14.7 Å². The molecule has 1 aliphatic heterocycles. The van der Waals surface area contributed by atoms with E-state index in [0.29, 0.717) is 28.6 Å². The summed E-state index contributed by atoms with van der Waals surface area (Å²) in [4.78, 5) is 28.1. The molecule has 1 N–H and O–H groups in total. The van der Waals surface area contributed by atoms with E-state index in [1.54, 1.807) is 42.5 Å². The van der Waals surface area contributed by atoms with Gasteiger partial charge in [0.25, 0.3) is 11.7 Å². The topological polar surface area (TPSA) is 94.5 Å². The highest BCUT2D eigenvalue weighted by atomic mass is 16.5. The van der Waals surface area contributed by atoms with Crippen molar-refractivity contribution in [3.63, 3.8) is 0 Å². The van der Waals surface area contributed by atoms with Gasteiger partial charge < -0.3 is 29.0 Å². The van der Waals surface area contributed by atoms with Crippen LogP contribution in [0.5, 0.6) is 23.0 Å². The van der Waals surface area contributed by atoms with Crippen LogP contribution >= 0.6 is 0 Å². The smallest absolute Gasteiger partial charge is 0.295 e. The standard InChI is InChI=1S/C30H31NO7/c1-19(2)37-17-16-31-27(20-10-8-13-22(18-20)38-21-11-6-5-7-12-21)26(29(33)30(31)34)28(32)25-23(35-3)14-9-15-24(25)36-4/h5-15,18-19,27,32H,16-17H2,1-4H3/b28-26+. The molecule has 8 nitrogen and oxygen atoms in total. The van der Waals surface area contributed by atoms with E-state index in [1.807, 2.05) is 44.2 Å². The average molecular weight is 518 g/mol. The Morgan fingerprint density at radius 3 is 2.16 bits per heavy atom. The van der Waals surface area contributed by atoms with Gasteiger partial charge >= 0.3 is 0 Å². The third-order valence-corrected chi connectivity index (χ3v) is 6.14. The number of para-hydroxylation sites is 1. The average Bonchev–Trinajstić information content (AvgIpc) is 3.17. The predicted molar refractivity (Wildman–Crippen MR) is 143 cm³/mol. The molecule has 1 amide bonds. The maximum absolute atomic E-state index is 13.4. The van der Waals surface area contributed by atoms with Gasteiger partial charge in [-0.25, -0.2) is 0 Å². The number of ether oxygens (including phenoxy) is 4. The Morgan fingerprint density at radius 2 is 1.53 bits per heavy atom. The maximum Gasteiger partial charge on any atom is 0.295 e. The normalized spacial score (nSPS) is 16.7. The number of likely N-dealkylation sites (tertiary alicyclic amines) is 1. The fourth-order valence-corrected chi connectivity index (χ4v) is 4.44. The van der Waals surface area contributed by atoms with Crippen molar-refractivity contribution in [3.05, 3.63) is 89.5 Å². The first-order valence-corrected chi connectivity index (χ1v) is 12.3. The van der Waals surface area contributed by atoms with Crippen LogP contribution in [0.15, 0.2) is 78.4 Å². The van der Waals surface area contributed by atoms with Gasteiger partial charge in [0.15, 0.2) is 0 Å². The highest BCUT2D eigenvalue weighted by Gasteiger charge is 2.46. The Balaban J connectivity index is 1.85. The summed E-state index contributed by atoms with van der Waals surface area (Å²) in [5, 5.41) is 11.6. The monoisotopic (exact) mass is 517 g/mol. The molecule has 1 heterocycles. The Labute approximate surface area is 222 Å². The number of ketones is 1. The molecule has 1 unspecified atom stereocenters. The highest BCUT2D eigenvalue weighted by Crippen LogP contribution is 2.44. The second-order valence-corrected chi connectivity index (χ2v) is 8.94. The van der Waals surface area contributed by atoms with Crippen molar-refractivity contribution in [2.45, 2.75) is 26.0 Å². The van der Waals surface area contributed by atoms with Crippen LogP contribution < -0.4 is 14.2 Å². The number of hydrogen-bond donors (Lipinski definition) is 1. The van der Waals surface area contributed by atoms with Crippen molar-refractivity contribution < 1.29 is 33.6 Å². The maximum atomic E-state index is 13.4. The molecule has 1 aliphatic rings. The van der Waals surface area contributed by atoms with Gasteiger partial charge in [-0.3, -0.25) is 9.59 Å². The minimum Gasteiger partial charge on any atom is -0.506 e. The largest absolute Gasteiger partial charge is 0.506 e. The molecule has 0 aromatic heterocycles. The molecule has 0 aliphatic carbocycles. The quantitative estimate of drug-likeness (QED) is 0.220. The molecule has 0 spiro atoms. The molecule has 1 saturated heterocycles. The first kappa shape index (κ1) is 26.8. The number of nitrogens with zero attached hydrogens (tertiary/aromatic N) is 1. The molecule has 38 heavy (non-hydrogen) atoms. The van der Waals surface area contributed by atoms with E-state index >= 15 is 0 Å². The number of aliphatic hydroxyl groups excluding tert-OH is 1. The summed E-state index contributed by atoms with van der Waals surface area (Å²) in [6, 6.07) is 20.5. The van der Waals surface area contributed by atoms with Crippen molar-refractivity contribution in [1.82, 2.24) is 4.90 Å². The number of carbonyl (C=O) groups is 2. The van der Waals surface area contributed by atoms with Gasteiger partial charge in [-0.1, -0.05) is 36.4 Å². The van der Waals surface area contributed by atoms with E-state index in [4.69, 9.17) is 18.9 Å². The number of aliphatic hydroxyl groups is 1. The van der Waals surface area contributed by atoms with Gasteiger partial charge in [0.1, 0.15) is 34.3 Å². The van der Waals surface area contributed by atoms with Gasteiger partial charge in [-0.15, -0.1) is 0 Å². The van der Waals surface area contributed by atoms with Crippen LogP contribution in [0.2, 0.25) is 0 Å². The minimum atomic E-state index is -0.889. The molecule has 4 rings (SSSR count). The summed E-state index contributed by atoms with van der Waals surface area (Å²) in [5.74, 6) is -0.154. The molecule has 3 aromatic carbocycles. The third-order valence-electron chi connectivity index (χ3n) is 6.14. The fraction of sp³-hybridized carbons (Fsp3) is 0.267. The van der Waals surface area contributed by atoms with Gasteiger partial charge in [0.05, 0.1) is 38.5 Å². The number of methoxy groups -OCH3 is 2. The molecular formula is C30H31NO7. The van der Waals surface area contributed by atoms with Crippen molar-refractivity contribution >= 4 is 17.4 Å². The molecule has 1 fully saturated rings. The third kappa shape index (κ3) is 5.50. The summed E-state index contributed by atoms with van der Waals surface area (Å²) < 4.78 is 22.6. The molecule has 8 heteroatoms. The van der Waals surface area contributed by atoms with E-state index in [1.165, 1.54) is 19.1 Å². The molecule has 1 atom stereocenters. The molecule has 0 radical (unpaired) electrons. The van der Waals surface area contributed by atoms with Crippen LogP contribution in [-0.4, -0.2) is 55.2 Å². The predicted octanol–water partition coefficient (Wildman–Crippen LogP) is 5.34. The second-order valence-electron chi connectivity index (χ2n) is 8.94. The van der Waals surface area contributed by atoms with E-state index in [0.717, 1.165) is 0 Å². The Bertz CT molecular complexity index is 1310. The Kier molecular flexibility index (Phi) is 8.33. The zero-order valence-electron chi connectivity index (χ0n) is 21.8. The lowest BCUT2D eigenvalue weighted by atomic mass is 9.94. The van der Waals surface area contributed by atoms with Crippen LogP contribution in [-0.2, 0) is 14.3 Å². The summed E-state index contributed by atoms with van der Waals surface area (Å²) in [6.45, 7) is 4.16. The van der Waals surface area contributed by atoms with Gasteiger partial charge in [-0.2, -0.15) is 0 Å². The highest BCUT2D eigenvalue weighted by molar-refractivity contribution is 6.46. The number of carbonyl (C=O) groups excluding carboxylic acids is 2. The van der Waals surface area contributed by atoms with Gasteiger partial charge in [0, 0.05) is 6.54 Å². The van der Waals surface area contributed by atoms with Crippen LogP contribution in [0.4, 0.5) is 0 Å². The number of benzene rings is 3. The van der Waals surface area contributed by atoms with Crippen molar-refractivity contribution in [2.24, 2.45) is 0 Å². The van der Waals surface area contributed by atoms with Crippen molar-refractivity contribution in [1.29, 1.82) is 0 Å². The van der Waals surface area contributed by atoms with Crippen molar-refractivity contribution in [2.75, 3.05) is 27.4 Å². The number of amides is 1. The number of Topliss-reactive ketones (excluding diaryl/α,β-unsaturated/α-hetero) is 1. The lowest BCUT2D eigenvalue weighted by Crippen LogP contribution is -2.33. The van der Waals surface area contributed by atoms with Crippen LogP contribution in [0.25, 0.3) is 5.76 Å². The second kappa shape index (κ2) is 11.8. The van der Waals surface area contributed by atoms with Crippen LogP contribution in [0.3, 0.4) is 0 Å². The molecule has 198 valence electrons. The summed E-state index contributed by atoms with van der Waals surface area (Å²) in [7, 11) is 2.91. The van der Waals surface area contributed by atoms with Crippen LogP contribution in [0.1, 0.15) is 31.0 Å². The van der Waals surface area contributed by atoms with E-state index in [2.05, 4.69) is 0 Å². The van der Waals surface area contributed by atoms with Crippen molar-refractivity contribution in [3.8, 4) is 23.0 Å². The van der Waals surface area contributed by atoms with E-state index < -0.39 is 17.7 Å². The van der Waals surface area contributed by atoms with E-state index in [-0.39, 0.29) is 36.2 Å². The first-order chi connectivity index (χ1) is 18.3. The summed E-state index contributed by atoms with van der Waals surface area (Å²) >= 11 is 0. The molecule has 0 bridgehead atoms. The number of hydrogen-bond acceptors (Lipinski definition) is 7. The van der Waals surface area contributed by atoms with Gasteiger partial charge in [0.2, 0.25) is 0 Å². The number of rotatable bonds is 10. The Hall–Kier alpha value is -4.30. The zero-order chi connectivity index (χ0) is 27.2. The van der Waals surface area contributed by atoms with Crippen LogP contribution in [0, 0.1) is 0 Å².